The zero-order valence-electron chi connectivity index (χ0n) is 17.1. The number of benzene rings is 1. The maximum atomic E-state index is 11.4. The molecule has 1 saturated heterocycles. The Hall–Kier alpha value is -2.69. The van der Waals surface area contributed by atoms with Gasteiger partial charge in [-0.2, -0.15) is 4.99 Å². The van der Waals surface area contributed by atoms with E-state index in [2.05, 4.69) is 22.4 Å². The van der Waals surface area contributed by atoms with Crippen LogP contribution in [0.1, 0.15) is 5.56 Å². The Labute approximate surface area is 186 Å². The first-order chi connectivity index (χ1) is 15.0. The highest BCUT2D eigenvalue weighted by Gasteiger charge is 2.26. The zero-order valence-corrected chi connectivity index (χ0v) is 17.9. The molecule has 1 aliphatic heterocycles. The second-order valence-corrected chi connectivity index (χ2v) is 7.25. The Bertz CT molecular complexity index is 771. The second kappa shape index (κ2) is 13.6. The van der Waals surface area contributed by atoms with Crippen LogP contribution in [0, 0.1) is 0 Å². The molecule has 0 amide bonds. The standard InChI is InChI=1S/C20H26N4O6S/c25-15-29-13-22-5-6-23(11-20(27)28)10-19(24(8-7-22)14-30-16-26)9-17-1-3-18(4-2-17)21-12-31/h1-4,15-16,19H,5-11,13-14H2,(H,27,28)/t19-/m0/s1. The molecule has 1 fully saturated rings. The van der Waals surface area contributed by atoms with E-state index in [0.29, 0.717) is 57.8 Å². The van der Waals surface area contributed by atoms with Crippen LogP contribution in [-0.4, -0.2) is 103 Å². The molecule has 168 valence electrons. The predicted octanol–water partition coefficient (Wildman–Crippen LogP) is 0.597. The fraction of sp³-hybridized carbons (Fsp3) is 0.500. The van der Waals surface area contributed by atoms with Crippen LogP contribution in [0.5, 0.6) is 0 Å². The van der Waals surface area contributed by atoms with Gasteiger partial charge in [-0.3, -0.25) is 29.1 Å². The number of ether oxygens (including phenoxy) is 2. The van der Waals surface area contributed by atoms with Crippen LogP contribution >= 0.6 is 12.2 Å². The van der Waals surface area contributed by atoms with Gasteiger partial charge in [0.1, 0.15) is 13.5 Å². The third kappa shape index (κ3) is 8.91. The minimum atomic E-state index is -0.924. The Morgan fingerprint density at radius 3 is 2.39 bits per heavy atom. The molecule has 1 aliphatic rings. The van der Waals surface area contributed by atoms with Crippen LogP contribution in [0.15, 0.2) is 29.3 Å². The summed E-state index contributed by atoms with van der Waals surface area (Å²) in [5.41, 5.74) is 1.73. The number of carbonyl (C=O) groups excluding carboxylic acids is 2. The molecule has 10 nitrogen and oxygen atoms in total. The minimum Gasteiger partial charge on any atom is -0.480 e. The second-order valence-electron chi connectivity index (χ2n) is 7.07. The number of carboxylic acids is 1. The molecule has 0 bridgehead atoms. The van der Waals surface area contributed by atoms with Crippen molar-refractivity contribution in [2.45, 2.75) is 12.5 Å². The van der Waals surface area contributed by atoms with Crippen molar-refractivity contribution in [1.29, 1.82) is 0 Å². The van der Waals surface area contributed by atoms with Crippen LogP contribution in [-0.2, 0) is 30.3 Å². The number of isothiocyanates is 1. The highest BCUT2D eigenvalue weighted by Crippen LogP contribution is 2.17. The van der Waals surface area contributed by atoms with Gasteiger partial charge in [0.15, 0.2) is 0 Å². The number of hydrogen-bond acceptors (Lipinski definition) is 10. The van der Waals surface area contributed by atoms with Crippen LogP contribution in [0.4, 0.5) is 5.69 Å². The summed E-state index contributed by atoms with van der Waals surface area (Å²) < 4.78 is 9.91. The third-order valence-corrected chi connectivity index (χ3v) is 5.09. The van der Waals surface area contributed by atoms with E-state index in [-0.39, 0.29) is 26.0 Å². The number of rotatable bonds is 11. The zero-order chi connectivity index (χ0) is 22.5. The Morgan fingerprint density at radius 1 is 1.10 bits per heavy atom. The number of carboxylic acid groups (broad SMARTS) is 1. The van der Waals surface area contributed by atoms with E-state index in [9.17, 15) is 19.5 Å². The summed E-state index contributed by atoms with van der Waals surface area (Å²) in [7, 11) is 0. The number of aliphatic imine (C=N–C) groups is 1. The normalized spacial score (nSPS) is 18.6. The number of nitrogens with zero attached hydrogens (tertiary/aromatic N) is 4. The Kier molecular flexibility index (Phi) is 10.8. The van der Waals surface area contributed by atoms with Gasteiger partial charge in [-0.15, -0.1) is 0 Å². The third-order valence-electron chi connectivity index (χ3n) is 5.00. The van der Waals surface area contributed by atoms with Crippen LogP contribution in [0.2, 0.25) is 0 Å². The lowest BCUT2D eigenvalue weighted by Gasteiger charge is -2.33. The first-order valence-electron chi connectivity index (χ1n) is 9.73. The molecule has 31 heavy (non-hydrogen) atoms. The van der Waals surface area contributed by atoms with E-state index in [1.807, 2.05) is 39.0 Å². The summed E-state index contributed by atoms with van der Waals surface area (Å²) in [4.78, 5) is 42.5. The maximum absolute atomic E-state index is 11.4. The number of aliphatic carboxylic acids is 1. The summed E-state index contributed by atoms with van der Waals surface area (Å²) in [6.07, 6.45) is 0.616. The SMILES string of the molecule is O=COCN1CCN(CC(=O)O)C[C@H](Cc2ccc(N=C=S)cc2)N(COC=O)CC1. The molecule has 11 heteroatoms. The van der Waals surface area contributed by atoms with Crippen molar-refractivity contribution in [3.8, 4) is 0 Å². The molecular weight excluding hydrogens is 424 g/mol. The maximum Gasteiger partial charge on any atom is 0.317 e. The van der Waals surface area contributed by atoms with E-state index in [0.717, 1.165) is 5.56 Å². The van der Waals surface area contributed by atoms with Gasteiger partial charge in [-0.1, -0.05) is 12.1 Å². The molecule has 2 rings (SSSR count). The first-order valence-corrected chi connectivity index (χ1v) is 10.1. The van der Waals surface area contributed by atoms with Gasteiger partial charge < -0.3 is 14.6 Å². The summed E-state index contributed by atoms with van der Waals surface area (Å²) in [5, 5.41) is 11.7. The van der Waals surface area contributed by atoms with E-state index in [1.54, 1.807) is 0 Å². The summed E-state index contributed by atoms with van der Waals surface area (Å²) >= 11 is 4.63. The molecule has 0 radical (unpaired) electrons. The first kappa shape index (κ1) is 24.6. The van der Waals surface area contributed by atoms with Gasteiger partial charge in [0.2, 0.25) is 0 Å². The van der Waals surface area contributed by atoms with Crippen LogP contribution in [0.3, 0.4) is 0 Å². The van der Waals surface area contributed by atoms with Crippen LogP contribution < -0.4 is 0 Å². The molecule has 0 unspecified atom stereocenters. The van der Waals surface area contributed by atoms with E-state index in [4.69, 9.17) is 9.47 Å². The van der Waals surface area contributed by atoms with Crippen LogP contribution in [0.25, 0.3) is 0 Å². The number of carbonyl (C=O) groups is 3. The Morgan fingerprint density at radius 2 is 1.74 bits per heavy atom. The fourth-order valence-electron chi connectivity index (χ4n) is 3.47. The summed E-state index contributed by atoms with van der Waals surface area (Å²) in [6, 6.07) is 7.43. The average molecular weight is 451 g/mol. The van der Waals surface area contributed by atoms with Crippen molar-refractivity contribution < 1.29 is 29.0 Å². The number of hydrogen-bond donors (Lipinski definition) is 1. The number of thiocarbonyl (C=S) groups is 1. The lowest BCUT2D eigenvalue weighted by atomic mass is 10.0. The molecule has 0 spiro atoms. The summed E-state index contributed by atoms with van der Waals surface area (Å²) in [6.45, 7) is 3.46. The lowest BCUT2D eigenvalue weighted by Crippen LogP contribution is -2.48. The molecule has 1 aromatic carbocycles. The van der Waals surface area contributed by atoms with Crippen molar-refractivity contribution in [2.75, 3.05) is 52.7 Å². The van der Waals surface area contributed by atoms with Crippen molar-refractivity contribution in [3.05, 3.63) is 29.8 Å². The lowest BCUT2D eigenvalue weighted by molar-refractivity contribution is -0.138. The fourth-order valence-corrected chi connectivity index (χ4v) is 3.58. The van der Waals surface area contributed by atoms with Gasteiger partial charge in [0.05, 0.1) is 17.4 Å². The van der Waals surface area contributed by atoms with Gasteiger partial charge in [-0.05, 0) is 36.3 Å². The largest absolute Gasteiger partial charge is 0.480 e. The van der Waals surface area contributed by atoms with E-state index in [1.165, 1.54) is 0 Å². The molecule has 1 aromatic rings. The molecule has 1 heterocycles. The molecule has 0 aromatic heterocycles. The molecule has 1 atom stereocenters. The van der Waals surface area contributed by atoms with E-state index < -0.39 is 5.97 Å². The van der Waals surface area contributed by atoms with Gasteiger partial charge >= 0.3 is 5.97 Å². The van der Waals surface area contributed by atoms with Crippen molar-refractivity contribution in [1.82, 2.24) is 14.7 Å². The van der Waals surface area contributed by atoms with E-state index >= 15 is 0 Å². The quantitative estimate of drug-likeness (QED) is 0.292. The highest BCUT2D eigenvalue weighted by molar-refractivity contribution is 7.78. The van der Waals surface area contributed by atoms with Gasteiger partial charge in [-0.25, -0.2) is 0 Å². The average Bonchev–Trinajstić information content (AvgIpc) is 2.82. The van der Waals surface area contributed by atoms with Crippen molar-refractivity contribution >= 4 is 42.0 Å². The topological polar surface area (TPSA) is 112 Å². The monoisotopic (exact) mass is 450 g/mol. The Balaban J connectivity index is 2.24. The van der Waals surface area contributed by atoms with Crippen molar-refractivity contribution in [2.24, 2.45) is 4.99 Å². The summed E-state index contributed by atoms with van der Waals surface area (Å²) in [5.74, 6) is -0.924. The molecular formula is C20H26N4O6S. The molecule has 0 saturated carbocycles. The predicted molar refractivity (Wildman–Crippen MR) is 115 cm³/mol. The van der Waals surface area contributed by atoms with Gasteiger partial charge in [0, 0.05) is 38.8 Å². The van der Waals surface area contributed by atoms with Crippen molar-refractivity contribution in [3.63, 3.8) is 0 Å². The highest BCUT2D eigenvalue weighted by atomic mass is 32.1. The molecule has 0 aliphatic carbocycles. The minimum absolute atomic E-state index is 0.0741. The van der Waals surface area contributed by atoms with Gasteiger partial charge in [0.25, 0.3) is 12.9 Å². The molecule has 1 N–H and O–H groups in total. The smallest absolute Gasteiger partial charge is 0.317 e.